The summed E-state index contributed by atoms with van der Waals surface area (Å²) in [7, 11) is 1.32. The molecule has 2 aromatic rings. The monoisotopic (exact) mass is 310 g/mol. The van der Waals surface area contributed by atoms with Crippen LogP contribution in [0.25, 0.3) is 0 Å². The molecular formula is C13H11ClN2O5. The molecule has 1 amide bonds. The van der Waals surface area contributed by atoms with Crippen molar-refractivity contribution >= 4 is 29.2 Å². The second-order valence-corrected chi connectivity index (χ2v) is 4.49. The fraction of sp³-hybridized carbons (Fsp3) is 0.154. The van der Waals surface area contributed by atoms with Gasteiger partial charge in [0.05, 0.1) is 24.0 Å². The summed E-state index contributed by atoms with van der Waals surface area (Å²) in [4.78, 5) is 23.1. The Bertz CT molecular complexity index is 711. The first-order valence-electron chi connectivity index (χ1n) is 5.77. The third kappa shape index (κ3) is 2.97. The number of hydrogen-bond acceptors (Lipinski definition) is 5. The summed E-state index contributed by atoms with van der Waals surface area (Å²) in [6, 6.07) is 2.55. The summed E-state index contributed by atoms with van der Waals surface area (Å²) in [6.45, 7) is 1.59. The van der Waals surface area contributed by atoms with E-state index in [1.165, 1.54) is 25.4 Å². The van der Waals surface area contributed by atoms with Crippen LogP contribution in [0.3, 0.4) is 0 Å². The van der Waals surface area contributed by atoms with Gasteiger partial charge in [-0.1, -0.05) is 16.8 Å². The number of carboxylic acid groups (broad SMARTS) is 1. The number of rotatable bonds is 4. The second kappa shape index (κ2) is 5.84. The van der Waals surface area contributed by atoms with E-state index in [0.29, 0.717) is 5.76 Å². The number of nitrogens with one attached hydrogen (secondary N) is 1. The molecule has 110 valence electrons. The molecule has 1 aromatic carbocycles. The van der Waals surface area contributed by atoms with Gasteiger partial charge in [0.2, 0.25) is 0 Å². The van der Waals surface area contributed by atoms with E-state index in [1.807, 2.05) is 0 Å². The number of hydrogen-bond donors (Lipinski definition) is 2. The third-order valence-corrected chi connectivity index (χ3v) is 3.08. The molecule has 2 N–H and O–H groups in total. The molecule has 0 fully saturated rings. The van der Waals surface area contributed by atoms with Crippen LogP contribution in [-0.4, -0.2) is 29.2 Å². The SMILES string of the molecule is COc1cc(NC(=O)c2cnoc2C)c(Cl)cc1C(=O)O. The van der Waals surface area contributed by atoms with Crippen molar-refractivity contribution < 1.29 is 24.0 Å². The van der Waals surface area contributed by atoms with Crippen LogP contribution in [-0.2, 0) is 0 Å². The summed E-state index contributed by atoms with van der Waals surface area (Å²) < 4.78 is 9.78. The molecule has 0 aliphatic rings. The van der Waals surface area contributed by atoms with E-state index in [0.717, 1.165) is 0 Å². The molecule has 0 saturated heterocycles. The Balaban J connectivity index is 2.35. The molecule has 0 spiro atoms. The van der Waals surface area contributed by atoms with E-state index >= 15 is 0 Å². The van der Waals surface area contributed by atoms with Crippen molar-refractivity contribution in [2.75, 3.05) is 12.4 Å². The van der Waals surface area contributed by atoms with Crippen molar-refractivity contribution in [1.29, 1.82) is 0 Å². The van der Waals surface area contributed by atoms with E-state index < -0.39 is 11.9 Å². The van der Waals surface area contributed by atoms with Crippen LogP contribution in [0.4, 0.5) is 5.69 Å². The fourth-order valence-corrected chi connectivity index (χ4v) is 1.90. The molecule has 21 heavy (non-hydrogen) atoms. The molecule has 0 aliphatic heterocycles. The van der Waals surface area contributed by atoms with Crippen molar-refractivity contribution in [3.8, 4) is 5.75 Å². The van der Waals surface area contributed by atoms with Crippen molar-refractivity contribution in [2.24, 2.45) is 0 Å². The Hall–Kier alpha value is -2.54. The zero-order chi connectivity index (χ0) is 15.6. The molecule has 1 heterocycles. The first-order valence-corrected chi connectivity index (χ1v) is 6.15. The van der Waals surface area contributed by atoms with E-state index in [4.69, 9.17) is 26.0 Å². The number of amides is 1. The smallest absolute Gasteiger partial charge is 0.339 e. The van der Waals surface area contributed by atoms with E-state index in [1.54, 1.807) is 6.92 Å². The predicted molar refractivity (Wildman–Crippen MR) is 74.2 cm³/mol. The molecule has 0 saturated carbocycles. The highest BCUT2D eigenvalue weighted by molar-refractivity contribution is 6.34. The van der Waals surface area contributed by atoms with Crippen LogP contribution >= 0.6 is 11.6 Å². The summed E-state index contributed by atoms with van der Waals surface area (Å²) in [5.74, 6) is -1.20. The number of benzene rings is 1. The minimum Gasteiger partial charge on any atom is -0.496 e. The van der Waals surface area contributed by atoms with Gasteiger partial charge >= 0.3 is 5.97 Å². The molecule has 2 rings (SSSR count). The van der Waals surface area contributed by atoms with Crippen molar-refractivity contribution in [2.45, 2.75) is 6.92 Å². The standard InChI is InChI=1S/C13H11ClN2O5/c1-6-8(5-15-21-6)12(17)16-10-4-11(20-2)7(13(18)19)3-9(10)14/h3-5H,1-2H3,(H,16,17)(H,18,19). The van der Waals surface area contributed by atoms with Crippen molar-refractivity contribution in [1.82, 2.24) is 5.16 Å². The number of aromatic carboxylic acids is 1. The van der Waals surface area contributed by atoms with Gasteiger partial charge in [-0.25, -0.2) is 4.79 Å². The maximum Gasteiger partial charge on any atom is 0.339 e. The first kappa shape index (κ1) is 14.9. The van der Waals surface area contributed by atoms with Crippen molar-refractivity contribution in [3.05, 3.63) is 40.2 Å². The fourth-order valence-electron chi connectivity index (χ4n) is 1.69. The zero-order valence-electron chi connectivity index (χ0n) is 11.1. The Kier molecular flexibility index (Phi) is 4.13. The summed E-state index contributed by atoms with van der Waals surface area (Å²) in [5.41, 5.74) is 0.387. The number of nitrogens with zero attached hydrogens (tertiary/aromatic N) is 1. The molecule has 0 atom stereocenters. The maximum absolute atomic E-state index is 12.0. The highest BCUT2D eigenvalue weighted by Crippen LogP contribution is 2.31. The normalized spacial score (nSPS) is 10.2. The first-order chi connectivity index (χ1) is 9.93. The van der Waals surface area contributed by atoms with Crippen LogP contribution in [0.15, 0.2) is 22.9 Å². The minimum atomic E-state index is -1.18. The Morgan fingerprint density at radius 1 is 1.38 bits per heavy atom. The van der Waals surface area contributed by atoms with Crippen LogP contribution in [0, 0.1) is 6.92 Å². The Morgan fingerprint density at radius 3 is 2.62 bits per heavy atom. The van der Waals surface area contributed by atoms with Gasteiger partial charge in [-0.2, -0.15) is 0 Å². The van der Waals surface area contributed by atoms with E-state index in [2.05, 4.69) is 10.5 Å². The molecule has 7 nitrogen and oxygen atoms in total. The number of carbonyl (C=O) groups is 2. The average molecular weight is 311 g/mol. The topological polar surface area (TPSA) is 102 Å². The van der Waals surface area contributed by atoms with Crippen molar-refractivity contribution in [3.63, 3.8) is 0 Å². The minimum absolute atomic E-state index is 0.0793. The van der Waals surface area contributed by atoms with Gasteiger partial charge in [-0.15, -0.1) is 0 Å². The lowest BCUT2D eigenvalue weighted by Crippen LogP contribution is -2.13. The lowest BCUT2D eigenvalue weighted by molar-refractivity contribution is 0.0693. The van der Waals surface area contributed by atoms with Gasteiger partial charge in [0, 0.05) is 6.07 Å². The Labute approximate surface area is 124 Å². The molecule has 1 aromatic heterocycles. The highest BCUT2D eigenvalue weighted by atomic mass is 35.5. The molecular weight excluding hydrogens is 300 g/mol. The quantitative estimate of drug-likeness (QED) is 0.900. The number of carboxylic acids is 1. The summed E-state index contributed by atoms with van der Waals surface area (Å²) in [6.07, 6.45) is 1.28. The highest BCUT2D eigenvalue weighted by Gasteiger charge is 2.18. The second-order valence-electron chi connectivity index (χ2n) is 4.09. The molecule has 0 aliphatic carbocycles. The van der Waals surface area contributed by atoms with Gasteiger partial charge in [0.15, 0.2) is 0 Å². The van der Waals surface area contributed by atoms with Gasteiger partial charge < -0.3 is 19.7 Å². The molecule has 0 unspecified atom stereocenters. The lowest BCUT2D eigenvalue weighted by Gasteiger charge is -2.11. The van der Waals surface area contributed by atoms with Crippen LogP contribution in [0.1, 0.15) is 26.5 Å². The van der Waals surface area contributed by atoms with Gasteiger partial charge in [-0.3, -0.25) is 4.79 Å². The van der Waals surface area contributed by atoms with Crippen LogP contribution < -0.4 is 10.1 Å². The molecule has 0 radical (unpaired) electrons. The largest absolute Gasteiger partial charge is 0.496 e. The van der Waals surface area contributed by atoms with Gasteiger partial charge in [0.1, 0.15) is 22.6 Å². The lowest BCUT2D eigenvalue weighted by atomic mass is 10.1. The number of halogens is 1. The van der Waals surface area contributed by atoms with Gasteiger partial charge in [0.25, 0.3) is 5.91 Å². The molecule has 0 bridgehead atoms. The number of anilines is 1. The van der Waals surface area contributed by atoms with Crippen LogP contribution in [0.2, 0.25) is 5.02 Å². The zero-order valence-corrected chi connectivity index (χ0v) is 11.9. The number of methoxy groups -OCH3 is 1. The number of aryl methyl sites for hydroxylation is 1. The van der Waals surface area contributed by atoms with E-state index in [-0.39, 0.29) is 27.6 Å². The van der Waals surface area contributed by atoms with Crippen LogP contribution in [0.5, 0.6) is 5.75 Å². The summed E-state index contributed by atoms with van der Waals surface area (Å²) >= 11 is 5.98. The number of aromatic nitrogens is 1. The third-order valence-electron chi connectivity index (χ3n) is 2.76. The average Bonchev–Trinajstić information content (AvgIpc) is 2.86. The maximum atomic E-state index is 12.0. The number of ether oxygens (including phenoxy) is 1. The number of carbonyl (C=O) groups excluding carboxylic acids is 1. The predicted octanol–water partition coefficient (Wildman–Crippen LogP) is 2.60. The van der Waals surface area contributed by atoms with Gasteiger partial charge in [-0.05, 0) is 13.0 Å². The van der Waals surface area contributed by atoms with E-state index in [9.17, 15) is 9.59 Å². The summed E-state index contributed by atoms with van der Waals surface area (Å²) in [5, 5.41) is 15.2. The Morgan fingerprint density at radius 2 is 2.10 bits per heavy atom. The molecule has 8 heteroatoms.